The van der Waals surface area contributed by atoms with Crippen LogP contribution in [0.5, 0.6) is 0 Å². The van der Waals surface area contributed by atoms with E-state index >= 15 is 0 Å². The van der Waals surface area contributed by atoms with Crippen LogP contribution in [0.25, 0.3) is 0 Å². The summed E-state index contributed by atoms with van der Waals surface area (Å²) in [4.78, 5) is 17.3. The van der Waals surface area contributed by atoms with Crippen LogP contribution in [0.3, 0.4) is 0 Å². The highest BCUT2D eigenvalue weighted by atomic mass is 35.5. The summed E-state index contributed by atoms with van der Waals surface area (Å²) in [5, 5.41) is 0.688. The molecule has 1 aliphatic carbocycles. The van der Waals surface area contributed by atoms with E-state index in [0.717, 1.165) is 50.3 Å². The van der Waals surface area contributed by atoms with Crippen molar-refractivity contribution in [1.29, 1.82) is 0 Å². The smallest absolute Gasteiger partial charge is 0.233 e. The summed E-state index contributed by atoms with van der Waals surface area (Å²) < 4.78 is 5.41. The van der Waals surface area contributed by atoms with Crippen LogP contribution in [0.1, 0.15) is 24.0 Å². The van der Waals surface area contributed by atoms with Gasteiger partial charge in [-0.3, -0.25) is 4.79 Å². The number of nitrogens with zero attached hydrogens (tertiary/aromatic N) is 2. The highest BCUT2D eigenvalue weighted by Gasteiger charge is 2.52. The highest BCUT2D eigenvalue weighted by molar-refractivity contribution is 6.30. The lowest BCUT2D eigenvalue weighted by atomic mass is 9.94. The van der Waals surface area contributed by atoms with Gasteiger partial charge in [-0.05, 0) is 48.2 Å². The molecule has 0 N–H and O–H groups in total. The maximum atomic E-state index is 13.1. The number of rotatable bonds is 5. The third-order valence-electron chi connectivity index (χ3n) is 5.62. The zero-order chi connectivity index (χ0) is 18.9. The Hall–Kier alpha value is -2.04. The molecule has 5 heteroatoms. The largest absolute Gasteiger partial charge is 0.378 e. The van der Waals surface area contributed by atoms with E-state index in [4.69, 9.17) is 16.3 Å². The summed E-state index contributed by atoms with van der Waals surface area (Å²) in [6.07, 6.45) is 1.79. The summed E-state index contributed by atoms with van der Waals surface area (Å²) in [5.41, 5.74) is 3.01. The van der Waals surface area contributed by atoms with E-state index in [1.807, 2.05) is 36.2 Å². The number of hydrogen-bond donors (Lipinski definition) is 0. The quantitative estimate of drug-likeness (QED) is 0.784. The van der Waals surface area contributed by atoms with Gasteiger partial charge in [-0.2, -0.15) is 0 Å². The molecule has 2 aromatic carbocycles. The van der Waals surface area contributed by atoms with Crippen molar-refractivity contribution in [1.82, 2.24) is 4.90 Å². The molecular weight excluding hydrogens is 360 g/mol. The molecule has 4 nitrogen and oxygen atoms in total. The van der Waals surface area contributed by atoms with Crippen LogP contribution in [0.15, 0.2) is 48.5 Å². The lowest BCUT2D eigenvalue weighted by molar-refractivity contribution is -0.133. The van der Waals surface area contributed by atoms with Gasteiger partial charge in [-0.15, -0.1) is 0 Å². The van der Waals surface area contributed by atoms with Gasteiger partial charge in [-0.25, -0.2) is 0 Å². The second-order valence-electron chi connectivity index (χ2n) is 7.52. The molecule has 0 radical (unpaired) electrons. The summed E-state index contributed by atoms with van der Waals surface area (Å²) in [5.74, 6) is 0.182. The molecule has 2 aromatic rings. The van der Waals surface area contributed by atoms with Crippen molar-refractivity contribution in [2.75, 3.05) is 38.3 Å². The third-order valence-corrected chi connectivity index (χ3v) is 5.85. The standard InChI is InChI=1S/C22H25ClN2O2/c1-24(21(26)22(9-10-22)18-3-2-4-19(23)15-18)16-17-5-7-20(8-6-17)25-11-13-27-14-12-25/h2-8,15H,9-14,16H2,1H3. The molecule has 2 fully saturated rings. The van der Waals surface area contributed by atoms with Gasteiger partial charge in [0.1, 0.15) is 0 Å². The predicted octanol–water partition coefficient (Wildman–Crippen LogP) is 3.87. The second kappa shape index (κ2) is 7.53. The minimum absolute atomic E-state index is 0.182. The molecule has 0 unspecified atom stereocenters. The first-order valence-corrected chi connectivity index (χ1v) is 9.89. The number of amides is 1. The van der Waals surface area contributed by atoms with Gasteiger partial charge in [0.2, 0.25) is 5.91 Å². The molecule has 0 atom stereocenters. The Kier molecular flexibility index (Phi) is 5.11. The van der Waals surface area contributed by atoms with Crippen molar-refractivity contribution in [3.8, 4) is 0 Å². The number of morpholine rings is 1. The van der Waals surface area contributed by atoms with E-state index in [1.54, 1.807) is 0 Å². The van der Waals surface area contributed by atoms with E-state index in [9.17, 15) is 4.79 Å². The Morgan fingerprint density at radius 3 is 2.48 bits per heavy atom. The summed E-state index contributed by atoms with van der Waals surface area (Å²) in [7, 11) is 1.89. The monoisotopic (exact) mass is 384 g/mol. The number of hydrogen-bond acceptors (Lipinski definition) is 3. The summed E-state index contributed by atoms with van der Waals surface area (Å²) in [6, 6.07) is 16.2. The molecular formula is C22H25ClN2O2. The van der Waals surface area contributed by atoms with Gasteiger partial charge >= 0.3 is 0 Å². The van der Waals surface area contributed by atoms with Gasteiger partial charge in [0.05, 0.1) is 18.6 Å². The minimum Gasteiger partial charge on any atom is -0.378 e. The first-order chi connectivity index (χ1) is 13.1. The van der Waals surface area contributed by atoms with Gasteiger partial charge in [0.15, 0.2) is 0 Å². The maximum absolute atomic E-state index is 13.1. The van der Waals surface area contributed by atoms with Crippen LogP contribution in [-0.4, -0.2) is 44.2 Å². The van der Waals surface area contributed by atoms with E-state index in [0.29, 0.717) is 11.6 Å². The molecule has 142 valence electrons. The van der Waals surface area contributed by atoms with Crippen LogP contribution in [0.4, 0.5) is 5.69 Å². The fraction of sp³-hybridized carbons (Fsp3) is 0.409. The molecule has 27 heavy (non-hydrogen) atoms. The molecule has 0 bridgehead atoms. The van der Waals surface area contributed by atoms with E-state index in [-0.39, 0.29) is 11.3 Å². The molecule has 1 saturated carbocycles. The maximum Gasteiger partial charge on any atom is 0.233 e. The lowest BCUT2D eigenvalue weighted by Gasteiger charge is -2.29. The summed E-state index contributed by atoms with van der Waals surface area (Å²) in [6.45, 7) is 4.04. The SMILES string of the molecule is CN(Cc1ccc(N2CCOCC2)cc1)C(=O)C1(c2cccc(Cl)c2)CC1. The Morgan fingerprint density at radius 2 is 1.85 bits per heavy atom. The Labute approximate surface area is 165 Å². The Bertz CT molecular complexity index is 811. The van der Waals surface area contributed by atoms with E-state index < -0.39 is 0 Å². The normalized spacial score (nSPS) is 18.2. The lowest BCUT2D eigenvalue weighted by Crippen LogP contribution is -2.36. The first kappa shape index (κ1) is 18.3. The van der Waals surface area contributed by atoms with Gasteiger partial charge in [0.25, 0.3) is 0 Å². The van der Waals surface area contributed by atoms with Crippen molar-refractivity contribution in [2.45, 2.75) is 24.8 Å². The summed E-state index contributed by atoms with van der Waals surface area (Å²) >= 11 is 6.13. The number of halogens is 1. The van der Waals surface area contributed by atoms with Crippen LogP contribution in [0, 0.1) is 0 Å². The zero-order valence-corrected chi connectivity index (χ0v) is 16.4. The van der Waals surface area contributed by atoms with Crippen molar-refractivity contribution >= 4 is 23.2 Å². The number of carbonyl (C=O) groups is 1. The van der Waals surface area contributed by atoms with Crippen molar-refractivity contribution < 1.29 is 9.53 Å². The zero-order valence-electron chi connectivity index (χ0n) is 15.7. The molecule has 2 aliphatic rings. The number of ether oxygens (including phenoxy) is 1. The molecule has 1 aliphatic heterocycles. The highest BCUT2D eigenvalue weighted by Crippen LogP contribution is 2.50. The second-order valence-corrected chi connectivity index (χ2v) is 7.96. The topological polar surface area (TPSA) is 32.8 Å². The minimum atomic E-state index is -0.382. The van der Waals surface area contributed by atoms with Gasteiger partial charge in [-0.1, -0.05) is 35.9 Å². The fourth-order valence-corrected chi connectivity index (χ4v) is 4.07. The van der Waals surface area contributed by atoms with Gasteiger partial charge in [0, 0.05) is 37.4 Å². The number of likely N-dealkylation sites (N-methyl/N-ethyl adjacent to an activating group) is 1. The fourth-order valence-electron chi connectivity index (χ4n) is 3.88. The molecule has 1 heterocycles. The van der Waals surface area contributed by atoms with Crippen molar-refractivity contribution in [3.63, 3.8) is 0 Å². The molecule has 0 spiro atoms. The van der Waals surface area contributed by atoms with E-state index in [1.165, 1.54) is 5.69 Å². The van der Waals surface area contributed by atoms with E-state index in [2.05, 4.69) is 29.2 Å². The van der Waals surface area contributed by atoms with Crippen LogP contribution >= 0.6 is 11.6 Å². The molecule has 0 aromatic heterocycles. The van der Waals surface area contributed by atoms with Crippen LogP contribution < -0.4 is 4.90 Å². The molecule has 4 rings (SSSR count). The van der Waals surface area contributed by atoms with Crippen molar-refractivity contribution in [2.24, 2.45) is 0 Å². The van der Waals surface area contributed by atoms with Crippen molar-refractivity contribution in [3.05, 3.63) is 64.7 Å². The average Bonchev–Trinajstić information content (AvgIpc) is 3.51. The molecule has 1 saturated heterocycles. The first-order valence-electron chi connectivity index (χ1n) is 9.52. The van der Waals surface area contributed by atoms with Crippen LogP contribution in [0.2, 0.25) is 5.02 Å². The Balaban J connectivity index is 1.42. The number of carbonyl (C=O) groups excluding carboxylic acids is 1. The average molecular weight is 385 g/mol. The molecule has 1 amide bonds. The third kappa shape index (κ3) is 3.83. The number of benzene rings is 2. The van der Waals surface area contributed by atoms with Gasteiger partial charge < -0.3 is 14.5 Å². The predicted molar refractivity (Wildman–Crippen MR) is 108 cm³/mol. The Morgan fingerprint density at radius 1 is 1.15 bits per heavy atom. The van der Waals surface area contributed by atoms with Crippen LogP contribution in [-0.2, 0) is 21.5 Å². The number of anilines is 1.